The SMILES string of the molecule is C=CCn1c(SCC(=O)Nc2cc([N+](=O)[O-])ccc2Cl)nnc1C(C)Oc1cc(C)c(Cl)c(C)c1. The summed E-state index contributed by atoms with van der Waals surface area (Å²) in [5.41, 5.74) is 1.81. The highest BCUT2D eigenvalue weighted by Gasteiger charge is 2.21. The highest BCUT2D eigenvalue weighted by atomic mass is 35.5. The van der Waals surface area contributed by atoms with Gasteiger partial charge in [-0.2, -0.15) is 0 Å². The molecule has 3 aromatic rings. The number of anilines is 1. The van der Waals surface area contributed by atoms with Gasteiger partial charge < -0.3 is 10.1 Å². The van der Waals surface area contributed by atoms with E-state index < -0.39 is 16.9 Å². The van der Waals surface area contributed by atoms with Crippen molar-refractivity contribution in [2.45, 2.75) is 38.6 Å². The average Bonchev–Trinajstić information content (AvgIpc) is 3.20. The third-order valence-electron chi connectivity index (χ3n) is 4.91. The fraction of sp³-hybridized carbons (Fsp3) is 0.261. The van der Waals surface area contributed by atoms with Crippen molar-refractivity contribution in [2.24, 2.45) is 0 Å². The largest absolute Gasteiger partial charge is 0.483 e. The molecule has 0 aliphatic heterocycles. The molecule has 2 aromatic carbocycles. The van der Waals surface area contributed by atoms with E-state index in [4.69, 9.17) is 27.9 Å². The van der Waals surface area contributed by atoms with Gasteiger partial charge in [-0.05, 0) is 50.1 Å². The lowest BCUT2D eigenvalue weighted by atomic mass is 10.1. The van der Waals surface area contributed by atoms with E-state index in [9.17, 15) is 14.9 Å². The Morgan fingerprint density at radius 1 is 1.29 bits per heavy atom. The van der Waals surface area contributed by atoms with E-state index in [-0.39, 0.29) is 22.2 Å². The number of amides is 1. The minimum atomic E-state index is -0.560. The van der Waals surface area contributed by atoms with Gasteiger partial charge in [-0.1, -0.05) is 41.0 Å². The molecule has 1 amide bonds. The number of aryl methyl sites for hydroxylation is 2. The molecule has 35 heavy (non-hydrogen) atoms. The Kier molecular flexibility index (Phi) is 8.76. The fourth-order valence-corrected chi connectivity index (χ4v) is 4.31. The zero-order valence-corrected chi connectivity index (χ0v) is 21.6. The van der Waals surface area contributed by atoms with Crippen LogP contribution >= 0.6 is 35.0 Å². The first-order valence-electron chi connectivity index (χ1n) is 10.4. The van der Waals surface area contributed by atoms with Gasteiger partial charge in [-0.15, -0.1) is 16.8 Å². The molecule has 1 heterocycles. The maximum absolute atomic E-state index is 12.5. The number of nitro benzene ring substituents is 1. The smallest absolute Gasteiger partial charge is 0.271 e. The van der Waals surface area contributed by atoms with Crippen molar-refractivity contribution < 1.29 is 14.5 Å². The second kappa shape index (κ2) is 11.6. The normalized spacial score (nSPS) is 11.7. The third-order valence-corrected chi connectivity index (χ3v) is 6.80. The second-order valence-corrected chi connectivity index (χ2v) is 9.36. The molecular formula is C23H23Cl2N5O4S. The predicted molar refractivity (Wildman–Crippen MR) is 138 cm³/mol. The van der Waals surface area contributed by atoms with Crippen molar-refractivity contribution in [2.75, 3.05) is 11.1 Å². The number of halogens is 2. The lowest BCUT2D eigenvalue weighted by molar-refractivity contribution is -0.384. The Bertz CT molecular complexity index is 1260. The van der Waals surface area contributed by atoms with Crippen LogP contribution in [0.5, 0.6) is 5.75 Å². The number of nitro groups is 1. The molecule has 0 fully saturated rings. The predicted octanol–water partition coefficient (Wildman–Crippen LogP) is 6.17. The van der Waals surface area contributed by atoms with Crippen LogP contribution in [0.3, 0.4) is 0 Å². The standard InChI is InChI=1S/C23H23Cl2N5O4S/c1-5-8-29-22(15(4)34-17-9-13(2)21(25)14(3)10-17)27-28-23(29)35-12-20(31)26-19-11-16(30(32)33)6-7-18(19)24/h5-7,9-11,15H,1,8,12H2,2-4H3,(H,26,31). The first-order chi connectivity index (χ1) is 16.6. The maximum Gasteiger partial charge on any atom is 0.271 e. The summed E-state index contributed by atoms with van der Waals surface area (Å²) in [6.45, 7) is 9.88. The number of benzene rings is 2. The van der Waals surface area contributed by atoms with E-state index in [0.717, 1.165) is 22.9 Å². The number of rotatable bonds is 10. The number of hydrogen-bond donors (Lipinski definition) is 1. The summed E-state index contributed by atoms with van der Waals surface area (Å²) < 4.78 is 7.90. The van der Waals surface area contributed by atoms with Gasteiger partial charge in [0.1, 0.15) is 5.75 Å². The van der Waals surface area contributed by atoms with E-state index in [1.807, 2.05) is 37.5 Å². The molecule has 1 unspecified atom stereocenters. The number of ether oxygens (including phenoxy) is 1. The molecule has 0 radical (unpaired) electrons. The Balaban J connectivity index is 1.71. The van der Waals surface area contributed by atoms with E-state index in [0.29, 0.717) is 28.3 Å². The second-order valence-electron chi connectivity index (χ2n) is 7.63. The molecule has 1 N–H and O–H groups in total. The number of non-ortho nitro benzene ring substituents is 1. The summed E-state index contributed by atoms with van der Waals surface area (Å²) in [4.78, 5) is 22.9. The van der Waals surface area contributed by atoms with Crippen molar-refractivity contribution in [3.05, 3.63) is 80.1 Å². The molecule has 0 aliphatic carbocycles. The van der Waals surface area contributed by atoms with Gasteiger partial charge in [0.25, 0.3) is 5.69 Å². The summed E-state index contributed by atoms with van der Waals surface area (Å²) in [6, 6.07) is 7.56. The zero-order valence-electron chi connectivity index (χ0n) is 19.2. The molecule has 1 aromatic heterocycles. The van der Waals surface area contributed by atoms with Gasteiger partial charge in [0.05, 0.1) is 21.4 Å². The van der Waals surface area contributed by atoms with Gasteiger partial charge >= 0.3 is 0 Å². The minimum absolute atomic E-state index is 0.0148. The molecule has 0 aliphatic rings. The number of allylic oxidation sites excluding steroid dienone is 1. The Morgan fingerprint density at radius 3 is 2.60 bits per heavy atom. The van der Waals surface area contributed by atoms with Crippen LogP contribution in [0.2, 0.25) is 10.0 Å². The van der Waals surface area contributed by atoms with Crippen LogP contribution < -0.4 is 10.1 Å². The Labute approximate surface area is 216 Å². The molecular weight excluding hydrogens is 513 g/mol. The minimum Gasteiger partial charge on any atom is -0.483 e. The molecule has 9 nitrogen and oxygen atoms in total. The van der Waals surface area contributed by atoms with Crippen molar-refractivity contribution in [3.8, 4) is 5.75 Å². The number of thioether (sulfide) groups is 1. The maximum atomic E-state index is 12.5. The molecule has 0 spiro atoms. The summed E-state index contributed by atoms with van der Waals surface area (Å²) >= 11 is 13.5. The number of nitrogens with one attached hydrogen (secondary N) is 1. The van der Waals surface area contributed by atoms with Gasteiger partial charge in [0, 0.05) is 23.7 Å². The van der Waals surface area contributed by atoms with Gasteiger partial charge in [0.15, 0.2) is 17.1 Å². The zero-order chi connectivity index (χ0) is 25.7. The first-order valence-corrected chi connectivity index (χ1v) is 12.2. The van der Waals surface area contributed by atoms with Crippen LogP contribution in [0.25, 0.3) is 0 Å². The highest BCUT2D eigenvalue weighted by Crippen LogP contribution is 2.30. The topological polar surface area (TPSA) is 112 Å². The molecule has 3 rings (SSSR count). The van der Waals surface area contributed by atoms with Crippen molar-refractivity contribution >= 4 is 52.2 Å². The van der Waals surface area contributed by atoms with E-state index in [1.54, 1.807) is 6.08 Å². The molecule has 0 bridgehead atoms. The van der Waals surface area contributed by atoms with E-state index in [2.05, 4.69) is 22.1 Å². The lowest BCUT2D eigenvalue weighted by Crippen LogP contribution is -2.16. The van der Waals surface area contributed by atoms with Crippen LogP contribution in [-0.2, 0) is 11.3 Å². The summed E-state index contributed by atoms with van der Waals surface area (Å²) in [7, 11) is 0. The summed E-state index contributed by atoms with van der Waals surface area (Å²) in [5, 5.41) is 23.5. The van der Waals surface area contributed by atoms with Crippen molar-refractivity contribution in [1.29, 1.82) is 0 Å². The molecule has 1 atom stereocenters. The Morgan fingerprint density at radius 2 is 1.97 bits per heavy atom. The first kappa shape index (κ1) is 26.5. The van der Waals surface area contributed by atoms with Gasteiger partial charge in [-0.3, -0.25) is 19.5 Å². The van der Waals surface area contributed by atoms with Gasteiger partial charge in [-0.25, -0.2) is 0 Å². The number of aromatic nitrogens is 3. The fourth-order valence-electron chi connectivity index (χ4n) is 3.28. The Hall–Kier alpha value is -3.08. The average molecular weight is 536 g/mol. The van der Waals surface area contributed by atoms with Crippen LogP contribution in [0, 0.1) is 24.0 Å². The number of hydrogen-bond acceptors (Lipinski definition) is 7. The molecule has 12 heteroatoms. The molecule has 0 saturated carbocycles. The molecule has 184 valence electrons. The van der Waals surface area contributed by atoms with E-state index >= 15 is 0 Å². The number of carbonyl (C=O) groups is 1. The van der Waals surface area contributed by atoms with Crippen molar-refractivity contribution in [3.63, 3.8) is 0 Å². The lowest BCUT2D eigenvalue weighted by Gasteiger charge is -2.17. The monoisotopic (exact) mass is 535 g/mol. The number of carbonyl (C=O) groups excluding carboxylic acids is 1. The third kappa shape index (κ3) is 6.53. The summed E-state index contributed by atoms with van der Waals surface area (Å²) in [6.07, 6.45) is 1.26. The molecule has 0 saturated heterocycles. The van der Waals surface area contributed by atoms with E-state index in [1.165, 1.54) is 18.2 Å². The van der Waals surface area contributed by atoms with Gasteiger partial charge in [0.2, 0.25) is 5.91 Å². The van der Waals surface area contributed by atoms with Crippen LogP contribution in [0.4, 0.5) is 11.4 Å². The quantitative estimate of drug-likeness (QED) is 0.143. The van der Waals surface area contributed by atoms with Crippen LogP contribution in [0.1, 0.15) is 30.0 Å². The van der Waals surface area contributed by atoms with Crippen molar-refractivity contribution in [1.82, 2.24) is 14.8 Å². The highest BCUT2D eigenvalue weighted by molar-refractivity contribution is 7.99. The summed E-state index contributed by atoms with van der Waals surface area (Å²) in [5.74, 6) is 0.815. The van der Waals surface area contributed by atoms with Crippen LogP contribution in [0.15, 0.2) is 48.1 Å². The number of nitrogens with zero attached hydrogens (tertiary/aromatic N) is 4. The van der Waals surface area contributed by atoms with Crippen LogP contribution in [-0.4, -0.2) is 31.3 Å².